The molecule has 0 aliphatic carbocycles. The quantitative estimate of drug-likeness (QED) is 0.410. The van der Waals surface area contributed by atoms with Crippen LogP contribution in [0.1, 0.15) is 0 Å². The minimum Gasteiger partial charge on any atom is -0.366 e. The van der Waals surface area contributed by atoms with Gasteiger partial charge in [0, 0.05) is 5.57 Å². The molecule has 0 aromatic rings. The van der Waals surface area contributed by atoms with Crippen LogP contribution >= 0.6 is 0 Å². The van der Waals surface area contributed by atoms with Gasteiger partial charge >= 0.3 is 0 Å². The van der Waals surface area contributed by atoms with Gasteiger partial charge in [-0.3, -0.25) is 9.35 Å². The van der Waals surface area contributed by atoms with E-state index < -0.39 is 21.8 Å². The lowest BCUT2D eigenvalue weighted by atomic mass is 10.3. The topological polar surface area (TPSA) is 97.5 Å². The van der Waals surface area contributed by atoms with Crippen LogP contribution in [0.3, 0.4) is 0 Å². The lowest BCUT2D eigenvalue weighted by molar-refractivity contribution is -0.114. The Bertz CT molecular complexity index is 252. The Kier molecular flexibility index (Phi) is 2.56. The number of amides is 1. The van der Waals surface area contributed by atoms with Crippen LogP contribution in [0.15, 0.2) is 12.2 Å². The molecule has 0 fully saturated rings. The summed E-state index contributed by atoms with van der Waals surface area (Å²) in [5.74, 6) is -1.74. The summed E-state index contributed by atoms with van der Waals surface area (Å²) in [7, 11) is -4.17. The van der Waals surface area contributed by atoms with Gasteiger partial charge in [-0.15, -0.1) is 0 Å². The number of carbonyl (C=O) groups excluding carboxylic acids is 1. The number of carbonyl (C=O) groups is 1. The molecule has 0 aliphatic rings. The molecule has 0 aromatic heterocycles. The predicted octanol–water partition coefficient (Wildman–Crippen LogP) is -1.08. The molecular weight excluding hydrogens is 158 g/mol. The first-order valence-electron chi connectivity index (χ1n) is 2.25. The first kappa shape index (κ1) is 9.12. The summed E-state index contributed by atoms with van der Waals surface area (Å²) in [5, 5.41) is 0. The van der Waals surface area contributed by atoms with Gasteiger partial charge in [-0.1, -0.05) is 6.58 Å². The third-order valence-corrected chi connectivity index (χ3v) is 1.42. The molecule has 0 unspecified atom stereocenters. The van der Waals surface area contributed by atoms with E-state index in [9.17, 15) is 13.2 Å². The van der Waals surface area contributed by atoms with Gasteiger partial charge in [0.2, 0.25) is 5.91 Å². The molecule has 0 bridgehead atoms. The number of primary amides is 1. The Morgan fingerprint density at radius 2 is 2.00 bits per heavy atom. The van der Waals surface area contributed by atoms with Crippen LogP contribution in [0, 0.1) is 0 Å². The third-order valence-electron chi connectivity index (χ3n) is 0.705. The standard InChI is InChI=1S/C4H7NO4S/c1-3(4(5)6)2-10(7,8)9/h1-2H2,(H2,5,6)(H,7,8,9). The van der Waals surface area contributed by atoms with Crippen molar-refractivity contribution in [2.24, 2.45) is 5.73 Å². The highest BCUT2D eigenvalue weighted by atomic mass is 32.2. The fourth-order valence-corrected chi connectivity index (χ4v) is 0.874. The predicted molar refractivity (Wildman–Crippen MR) is 34.7 cm³/mol. The van der Waals surface area contributed by atoms with Crippen molar-refractivity contribution in [2.75, 3.05) is 5.75 Å². The average molecular weight is 165 g/mol. The smallest absolute Gasteiger partial charge is 0.269 e. The summed E-state index contributed by atoms with van der Waals surface area (Å²) in [6.45, 7) is 3.03. The molecule has 58 valence electrons. The summed E-state index contributed by atoms with van der Waals surface area (Å²) in [4.78, 5) is 10.1. The zero-order chi connectivity index (χ0) is 8.36. The van der Waals surface area contributed by atoms with Gasteiger partial charge in [0.15, 0.2) is 0 Å². The van der Waals surface area contributed by atoms with Gasteiger partial charge in [-0.25, -0.2) is 0 Å². The molecule has 10 heavy (non-hydrogen) atoms. The van der Waals surface area contributed by atoms with Gasteiger partial charge in [-0.2, -0.15) is 8.42 Å². The monoisotopic (exact) mass is 165 g/mol. The molecule has 0 aliphatic heterocycles. The van der Waals surface area contributed by atoms with Gasteiger partial charge in [0.1, 0.15) is 5.75 Å². The van der Waals surface area contributed by atoms with E-state index in [-0.39, 0.29) is 5.57 Å². The minimum absolute atomic E-state index is 0.331. The Hall–Kier alpha value is -0.880. The summed E-state index contributed by atoms with van der Waals surface area (Å²) in [5.41, 5.74) is 4.30. The third kappa shape index (κ3) is 4.04. The van der Waals surface area contributed by atoms with Crippen LogP contribution in [0.5, 0.6) is 0 Å². The van der Waals surface area contributed by atoms with E-state index in [4.69, 9.17) is 4.55 Å². The fraction of sp³-hybridized carbons (Fsp3) is 0.250. The number of hydrogen-bond donors (Lipinski definition) is 2. The lowest BCUT2D eigenvalue weighted by Gasteiger charge is -1.95. The van der Waals surface area contributed by atoms with Crippen molar-refractivity contribution in [3.8, 4) is 0 Å². The van der Waals surface area contributed by atoms with Gasteiger partial charge < -0.3 is 5.73 Å². The molecular formula is C4H7NO4S. The van der Waals surface area contributed by atoms with Gasteiger partial charge in [-0.05, 0) is 0 Å². The first-order valence-corrected chi connectivity index (χ1v) is 3.86. The summed E-state index contributed by atoms with van der Waals surface area (Å²) >= 11 is 0. The molecule has 0 rings (SSSR count). The van der Waals surface area contributed by atoms with Crippen LogP contribution < -0.4 is 5.73 Å². The van der Waals surface area contributed by atoms with E-state index in [1.54, 1.807) is 0 Å². The van der Waals surface area contributed by atoms with Crippen molar-refractivity contribution in [3.63, 3.8) is 0 Å². The van der Waals surface area contributed by atoms with Gasteiger partial charge in [0.05, 0.1) is 0 Å². The van der Waals surface area contributed by atoms with Crippen molar-refractivity contribution in [1.29, 1.82) is 0 Å². The summed E-state index contributed by atoms with van der Waals surface area (Å²) in [6.07, 6.45) is 0. The van der Waals surface area contributed by atoms with Crippen LogP contribution in [0.25, 0.3) is 0 Å². The van der Waals surface area contributed by atoms with E-state index in [0.717, 1.165) is 0 Å². The van der Waals surface area contributed by atoms with Crippen molar-refractivity contribution in [2.45, 2.75) is 0 Å². The zero-order valence-corrected chi connectivity index (χ0v) is 5.89. The fourth-order valence-electron chi connectivity index (χ4n) is 0.291. The Labute approximate surface area is 58.3 Å². The summed E-state index contributed by atoms with van der Waals surface area (Å²) in [6, 6.07) is 0. The highest BCUT2D eigenvalue weighted by Gasteiger charge is 2.10. The average Bonchev–Trinajstić information content (AvgIpc) is 1.60. The highest BCUT2D eigenvalue weighted by molar-refractivity contribution is 7.86. The second-order valence-electron chi connectivity index (χ2n) is 1.69. The summed E-state index contributed by atoms with van der Waals surface area (Å²) < 4.78 is 28.2. The molecule has 5 nitrogen and oxygen atoms in total. The Morgan fingerprint density at radius 1 is 1.60 bits per heavy atom. The van der Waals surface area contributed by atoms with Crippen LogP contribution in [0.4, 0.5) is 0 Å². The normalized spacial score (nSPS) is 10.9. The van der Waals surface area contributed by atoms with Crippen LogP contribution in [-0.4, -0.2) is 24.6 Å². The molecule has 0 spiro atoms. The second kappa shape index (κ2) is 2.80. The van der Waals surface area contributed by atoms with Crippen LogP contribution in [0.2, 0.25) is 0 Å². The van der Waals surface area contributed by atoms with E-state index in [1.807, 2.05) is 0 Å². The SMILES string of the molecule is C=C(CS(=O)(=O)O)C(N)=O. The maximum atomic E-state index is 10.1. The molecule has 0 radical (unpaired) electrons. The lowest BCUT2D eigenvalue weighted by Crippen LogP contribution is -2.19. The minimum atomic E-state index is -4.17. The molecule has 6 heteroatoms. The van der Waals surface area contributed by atoms with Crippen molar-refractivity contribution < 1.29 is 17.8 Å². The van der Waals surface area contributed by atoms with E-state index in [1.165, 1.54) is 0 Å². The maximum Gasteiger partial charge on any atom is 0.269 e. The highest BCUT2D eigenvalue weighted by Crippen LogP contribution is 1.93. The van der Waals surface area contributed by atoms with Crippen molar-refractivity contribution in [1.82, 2.24) is 0 Å². The van der Waals surface area contributed by atoms with Crippen molar-refractivity contribution >= 4 is 16.0 Å². The van der Waals surface area contributed by atoms with Gasteiger partial charge in [0.25, 0.3) is 10.1 Å². The molecule has 3 N–H and O–H groups in total. The van der Waals surface area contributed by atoms with E-state index in [2.05, 4.69) is 12.3 Å². The number of nitrogens with two attached hydrogens (primary N) is 1. The Morgan fingerprint density at radius 3 is 2.10 bits per heavy atom. The molecule has 0 aromatic carbocycles. The van der Waals surface area contributed by atoms with E-state index in [0.29, 0.717) is 0 Å². The molecule has 0 saturated heterocycles. The van der Waals surface area contributed by atoms with E-state index >= 15 is 0 Å². The molecule has 0 saturated carbocycles. The maximum absolute atomic E-state index is 10.1. The zero-order valence-electron chi connectivity index (χ0n) is 5.07. The number of rotatable bonds is 3. The first-order chi connectivity index (χ1) is 4.33. The molecule has 1 amide bonds. The molecule has 0 heterocycles. The molecule has 0 atom stereocenters. The van der Waals surface area contributed by atoms with Crippen molar-refractivity contribution in [3.05, 3.63) is 12.2 Å². The Balaban J connectivity index is 4.21. The van der Waals surface area contributed by atoms with Crippen LogP contribution in [-0.2, 0) is 14.9 Å². The number of hydrogen-bond acceptors (Lipinski definition) is 3. The second-order valence-corrected chi connectivity index (χ2v) is 3.15. The largest absolute Gasteiger partial charge is 0.366 e.